The minimum Gasteiger partial charge on any atom is -0.510 e. The van der Waals surface area contributed by atoms with Crippen molar-refractivity contribution >= 4 is 22.7 Å². The summed E-state index contributed by atoms with van der Waals surface area (Å²) >= 11 is 1.47. The van der Waals surface area contributed by atoms with Crippen LogP contribution in [0.2, 0.25) is 0 Å². The van der Waals surface area contributed by atoms with Gasteiger partial charge in [0.05, 0.1) is 24.9 Å². The van der Waals surface area contributed by atoms with Crippen molar-refractivity contribution in [1.29, 1.82) is 5.41 Å². The number of aliphatic hydroxyl groups excluding tert-OH is 1. The smallest absolute Gasteiger partial charge is 0.135 e. The van der Waals surface area contributed by atoms with Crippen LogP contribution in [0, 0.1) is 5.41 Å². The zero-order valence-corrected chi connectivity index (χ0v) is 19.5. The van der Waals surface area contributed by atoms with Crippen LogP contribution in [0.1, 0.15) is 23.4 Å². The van der Waals surface area contributed by atoms with Crippen LogP contribution in [0.15, 0.2) is 65.7 Å². The number of thiazole rings is 1. The number of hydrogen-bond donors (Lipinski definition) is 2. The fourth-order valence-electron chi connectivity index (χ4n) is 4.67. The van der Waals surface area contributed by atoms with Gasteiger partial charge in [0.15, 0.2) is 0 Å². The van der Waals surface area contributed by atoms with Crippen LogP contribution in [0.25, 0.3) is 16.8 Å². The Labute approximate surface area is 198 Å². The van der Waals surface area contributed by atoms with Gasteiger partial charge in [-0.15, -0.1) is 11.3 Å². The maximum Gasteiger partial charge on any atom is 0.135 e. The summed E-state index contributed by atoms with van der Waals surface area (Å²) in [7, 11) is 1.65. The summed E-state index contributed by atoms with van der Waals surface area (Å²) in [6, 6.07) is 18.6. The van der Waals surface area contributed by atoms with E-state index < -0.39 is 0 Å². The van der Waals surface area contributed by atoms with E-state index in [2.05, 4.69) is 34.1 Å². The molecule has 6 nitrogen and oxygen atoms in total. The van der Waals surface area contributed by atoms with Crippen LogP contribution in [0.3, 0.4) is 0 Å². The van der Waals surface area contributed by atoms with Gasteiger partial charge in [0.1, 0.15) is 22.4 Å². The third-order valence-corrected chi connectivity index (χ3v) is 7.32. The van der Waals surface area contributed by atoms with Crippen molar-refractivity contribution in [2.75, 3.05) is 26.7 Å². The average Bonchev–Trinajstić information content (AvgIpc) is 3.44. The zero-order chi connectivity index (χ0) is 22.8. The lowest BCUT2D eigenvalue weighted by Gasteiger charge is -2.37. The minimum absolute atomic E-state index is 0.248. The molecule has 0 aliphatic carbocycles. The molecule has 3 aromatic rings. The highest BCUT2D eigenvalue weighted by atomic mass is 32.1. The lowest BCUT2D eigenvalue weighted by molar-refractivity contribution is 0.149. The first-order chi connectivity index (χ1) is 16.1. The van der Waals surface area contributed by atoms with Crippen molar-refractivity contribution in [3.05, 3.63) is 76.3 Å². The molecule has 3 heterocycles. The molecule has 0 saturated carbocycles. The Morgan fingerprint density at radius 2 is 1.91 bits per heavy atom. The molecule has 0 bridgehead atoms. The average molecular weight is 461 g/mol. The van der Waals surface area contributed by atoms with Gasteiger partial charge in [-0.25, -0.2) is 4.98 Å². The molecule has 0 spiro atoms. The summed E-state index contributed by atoms with van der Waals surface area (Å²) in [5.74, 6) is 1.42. The first kappa shape index (κ1) is 21.7. The number of methoxy groups -OCH3 is 1. The van der Waals surface area contributed by atoms with E-state index in [4.69, 9.17) is 15.1 Å². The van der Waals surface area contributed by atoms with Gasteiger partial charge in [0.2, 0.25) is 0 Å². The molecule has 1 saturated heterocycles. The van der Waals surface area contributed by atoms with Crippen LogP contribution < -0.4 is 4.74 Å². The van der Waals surface area contributed by atoms with E-state index in [9.17, 15) is 5.11 Å². The number of aliphatic hydroxyl groups is 1. The van der Waals surface area contributed by atoms with Gasteiger partial charge in [-0.1, -0.05) is 42.5 Å². The molecule has 2 aliphatic rings. The van der Waals surface area contributed by atoms with Crippen LogP contribution >= 0.6 is 11.3 Å². The zero-order valence-electron chi connectivity index (χ0n) is 18.7. The van der Waals surface area contributed by atoms with E-state index in [0.29, 0.717) is 23.0 Å². The first-order valence-electron chi connectivity index (χ1n) is 11.3. The van der Waals surface area contributed by atoms with E-state index in [1.54, 1.807) is 7.11 Å². The van der Waals surface area contributed by atoms with Crippen LogP contribution in [0.5, 0.6) is 5.75 Å². The van der Waals surface area contributed by atoms with Gasteiger partial charge in [0, 0.05) is 36.6 Å². The lowest BCUT2D eigenvalue weighted by Crippen LogP contribution is -2.45. The van der Waals surface area contributed by atoms with Crippen LogP contribution in [-0.4, -0.2) is 58.5 Å². The van der Waals surface area contributed by atoms with Gasteiger partial charge in [-0.05, 0) is 30.5 Å². The predicted molar refractivity (Wildman–Crippen MR) is 133 cm³/mol. The van der Waals surface area contributed by atoms with E-state index in [1.165, 1.54) is 16.9 Å². The van der Waals surface area contributed by atoms with E-state index in [-0.39, 0.29) is 11.8 Å². The Morgan fingerprint density at radius 3 is 2.67 bits per heavy atom. The minimum atomic E-state index is 0.248. The number of aromatic nitrogens is 1. The van der Waals surface area contributed by atoms with E-state index in [1.807, 2.05) is 35.7 Å². The lowest BCUT2D eigenvalue weighted by atomic mass is 10.0. The second-order valence-corrected chi connectivity index (χ2v) is 9.42. The van der Waals surface area contributed by atoms with Crippen molar-refractivity contribution in [1.82, 2.24) is 14.8 Å². The van der Waals surface area contributed by atoms with Gasteiger partial charge in [-0.2, -0.15) is 0 Å². The second-order valence-electron chi connectivity index (χ2n) is 8.56. The largest absolute Gasteiger partial charge is 0.510 e. The van der Waals surface area contributed by atoms with Crippen molar-refractivity contribution in [2.45, 2.75) is 25.4 Å². The van der Waals surface area contributed by atoms with Crippen molar-refractivity contribution in [3.63, 3.8) is 0 Å². The van der Waals surface area contributed by atoms with Crippen molar-refractivity contribution < 1.29 is 9.84 Å². The molecule has 1 aromatic heterocycles. The fourth-order valence-corrected chi connectivity index (χ4v) is 5.57. The molecule has 170 valence electrons. The number of ether oxygens (including phenoxy) is 1. The highest BCUT2D eigenvalue weighted by molar-refractivity contribution is 7.11. The molecule has 2 N–H and O–H groups in total. The van der Waals surface area contributed by atoms with Crippen molar-refractivity contribution in [3.8, 4) is 17.0 Å². The fraction of sp³-hybridized carbons (Fsp3) is 0.308. The summed E-state index contributed by atoms with van der Waals surface area (Å²) < 4.78 is 5.32. The normalized spacial score (nSPS) is 17.7. The Bertz CT molecular complexity index is 1170. The van der Waals surface area contributed by atoms with E-state index >= 15 is 0 Å². The van der Waals surface area contributed by atoms with Crippen LogP contribution in [-0.2, 0) is 6.54 Å². The molecule has 1 fully saturated rings. The number of amidine groups is 1. The number of hydrogen-bond acceptors (Lipinski definition) is 6. The second kappa shape index (κ2) is 9.37. The maximum atomic E-state index is 10.8. The number of piperidine rings is 1. The van der Waals surface area contributed by atoms with Crippen LogP contribution in [0.4, 0.5) is 0 Å². The summed E-state index contributed by atoms with van der Waals surface area (Å²) in [5, 5.41) is 22.2. The van der Waals surface area contributed by atoms with Gasteiger partial charge < -0.3 is 14.7 Å². The van der Waals surface area contributed by atoms with E-state index in [0.717, 1.165) is 49.5 Å². The molecule has 0 atom stereocenters. The standard InChI is InChI=1S/C26H28N4O2S/c1-32-21-9-5-8-19(14-21)22-17-33-26(28-22)24-23(31)16-30(25(24)27)20-10-12-29(13-11-20)15-18-6-3-2-4-7-18/h2-9,14,17,20,27,31H,10-13,15-16H2,1H3. The number of likely N-dealkylation sites (tertiary alicyclic amines) is 1. The predicted octanol–water partition coefficient (Wildman–Crippen LogP) is 5.05. The number of nitrogens with zero attached hydrogens (tertiary/aromatic N) is 3. The summed E-state index contributed by atoms with van der Waals surface area (Å²) in [6.07, 6.45) is 1.98. The molecule has 5 rings (SSSR count). The SMILES string of the molecule is COc1cccc(-c2csc(C3=C(O)CN(C4CCN(Cc5ccccc5)CC4)C3=N)n2)c1. The monoisotopic (exact) mass is 460 g/mol. The Hall–Kier alpha value is -3.16. The number of rotatable bonds is 6. The Kier molecular flexibility index (Phi) is 6.15. The quantitative estimate of drug-likeness (QED) is 0.539. The topological polar surface area (TPSA) is 72.7 Å². The molecular weight excluding hydrogens is 432 g/mol. The molecule has 2 aliphatic heterocycles. The Balaban J connectivity index is 1.25. The number of nitrogens with one attached hydrogen (secondary N) is 1. The third-order valence-electron chi connectivity index (χ3n) is 6.46. The summed E-state index contributed by atoms with van der Waals surface area (Å²) in [4.78, 5) is 9.27. The Morgan fingerprint density at radius 1 is 1.12 bits per heavy atom. The van der Waals surface area contributed by atoms with Gasteiger partial charge in [-0.3, -0.25) is 10.3 Å². The molecule has 33 heavy (non-hydrogen) atoms. The van der Waals surface area contributed by atoms with Gasteiger partial charge in [0.25, 0.3) is 0 Å². The molecule has 2 aromatic carbocycles. The molecule has 0 radical (unpaired) electrons. The highest BCUT2D eigenvalue weighted by Gasteiger charge is 2.35. The molecule has 7 heteroatoms. The van der Waals surface area contributed by atoms with Gasteiger partial charge >= 0.3 is 0 Å². The molecule has 0 unspecified atom stereocenters. The third kappa shape index (κ3) is 4.51. The number of benzene rings is 2. The van der Waals surface area contributed by atoms with Crippen molar-refractivity contribution in [2.24, 2.45) is 0 Å². The molecular formula is C26H28N4O2S. The summed E-state index contributed by atoms with van der Waals surface area (Å²) in [5.41, 5.74) is 3.70. The highest BCUT2D eigenvalue weighted by Crippen LogP contribution is 2.35. The summed E-state index contributed by atoms with van der Waals surface area (Å²) in [6.45, 7) is 3.35. The first-order valence-corrected chi connectivity index (χ1v) is 12.1. The maximum absolute atomic E-state index is 10.8. The molecule has 0 amide bonds.